The fourth-order valence-electron chi connectivity index (χ4n) is 1.80. The van der Waals surface area contributed by atoms with Crippen molar-refractivity contribution in [2.45, 2.75) is 39.5 Å². The van der Waals surface area contributed by atoms with Crippen molar-refractivity contribution in [3.8, 4) is 0 Å². The van der Waals surface area contributed by atoms with Crippen molar-refractivity contribution in [2.24, 2.45) is 0 Å². The van der Waals surface area contributed by atoms with E-state index in [2.05, 4.69) is 12.2 Å². The van der Waals surface area contributed by atoms with Crippen LogP contribution in [0, 0.1) is 6.92 Å². The minimum Gasteiger partial charge on any atom is -0.444 e. The van der Waals surface area contributed by atoms with E-state index in [1.807, 2.05) is 0 Å². The van der Waals surface area contributed by atoms with Gasteiger partial charge in [-0.3, -0.25) is 14.4 Å². The number of anilines is 1. The molecule has 1 unspecified atom stereocenters. The summed E-state index contributed by atoms with van der Waals surface area (Å²) >= 11 is 0. The van der Waals surface area contributed by atoms with E-state index >= 15 is 0 Å². The molecule has 1 aromatic carbocycles. The fraction of sp³-hybridized carbons (Fsp3) is 0.500. The van der Waals surface area contributed by atoms with Crippen LogP contribution in [0.4, 0.5) is 10.5 Å². The lowest BCUT2D eigenvalue weighted by atomic mass is 10.2. The second-order valence-corrected chi connectivity index (χ2v) is 7.90. The van der Waals surface area contributed by atoms with Gasteiger partial charge in [-0.05, 0) is 45.4 Å². The molecule has 0 bridgehead atoms. The van der Waals surface area contributed by atoms with Gasteiger partial charge in [0.15, 0.2) is 6.61 Å². The van der Waals surface area contributed by atoms with Crippen LogP contribution < -0.4 is 5.32 Å². The molecule has 0 aromatic heterocycles. The highest BCUT2D eigenvalue weighted by molar-refractivity contribution is 7.53. The van der Waals surface area contributed by atoms with Crippen molar-refractivity contribution < 1.29 is 23.1 Å². The SMILES string of the molecule is [CH2+]COP(=O)(Cc1ccc(NC(=O)OC(C)(C)C)cc1)OCC. The maximum absolute atomic E-state index is 12.4. The first-order chi connectivity index (χ1) is 10.7. The molecule has 0 saturated carbocycles. The molecule has 1 rings (SSSR count). The first-order valence-electron chi connectivity index (χ1n) is 7.44. The third-order valence-electron chi connectivity index (χ3n) is 2.59. The minimum absolute atomic E-state index is 0.0789. The summed E-state index contributed by atoms with van der Waals surface area (Å²) in [7, 11) is -3.19. The largest absolute Gasteiger partial charge is 0.444 e. The molecule has 0 aliphatic rings. The number of benzene rings is 1. The Bertz CT molecular complexity index is 541. The molecule has 0 fully saturated rings. The highest BCUT2D eigenvalue weighted by atomic mass is 31.2. The van der Waals surface area contributed by atoms with Crippen molar-refractivity contribution in [1.82, 2.24) is 0 Å². The summed E-state index contributed by atoms with van der Waals surface area (Å²) in [5, 5.41) is 2.64. The zero-order valence-corrected chi connectivity index (χ0v) is 15.0. The summed E-state index contributed by atoms with van der Waals surface area (Å²) < 4.78 is 28.0. The van der Waals surface area contributed by atoms with Gasteiger partial charge in [0.1, 0.15) is 5.60 Å². The lowest BCUT2D eigenvalue weighted by Crippen LogP contribution is -2.27. The van der Waals surface area contributed by atoms with Gasteiger partial charge in [-0.1, -0.05) is 12.1 Å². The molecular formula is C16H25NO5P+. The van der Waals surface area contributed by atoms with Gasteiger partial charge in [-0.15, -0.1) is 0 Å². The summed E-state index contributed by atoms with van der Waals surface area (Å²) in [4.78, 5) is 11.7. The Morgan fingerprint density at radius 3 is 2.30 bits per heavy atom. The minimum atomic E-state index is -3.19. The smallest absolute Gasteiger partial charge is 0.412 e. The average Bonchev–Trinajstić information content (AvgIpc) is 2.39. The van der Waals surface area contributed by atoms with Crippen LogP contribution in [-0.4, -0.2) is 24.9 Å². The van der Waals surface area contributed by atoms with Gasteiger partial charge in [0, 0.05) is 5.69 Å². The van der Waals surface area contributed by atoms with Crippen molar-refractivity contribution >= 4 is 19.4 Å². The predicted octanol–water partition coefficient (Wildman–Crippen LogP) is 4.61. The maximum atomic E-state index is 12.4. The molecule has 0 aliphatic carbocycles. The summed E-state index contributed by atoms with van der Waals surface area (Å²) in [6, 6.07) is 6.93. The number of amides is 1. The molecule has 0 saturated heterocycles. The van der Waals surface area contributed by atoms with E-state index in [9.17, 15) is 9.36 Å². The number of carbonyl (C=O) groups excluding carboxylic acids is 1. The summed E-state index contributed by atoms with van der Waals surface area (Å²) in [6.07, 6.45) is -0.367. The first-order valence-corrected chi connectivity index (χ1v) is 9.16. The summed E-state index contributed by atoms with van der Waals surface area (Å²) in [5.74, 6) is 0. The Morgan fingerprint density at radius 1 is 1.22 bits per heavy atom. The Kier molecular flexibility index (Phi) is 7.13. The molecule has 0 radical (unpaired) electrons. The quantitative estimate of drug-likeness (QED) is 0.578. The molecule has 0 spiro atoms. The molecule has 1 atom stereocenters. The summed E-state index contributed by atoms with van der Waals surface area (Å²) in [6.45, 7) is 11.1. The van der Waals surface area contributed by atoms with Crippen LogP contribution in [0.5, 0.6) is 0 Å². The van der Waals surface area contributed by atoms with E-state index in [1.54, 1.807) is 52.0 Å². The number of ether oxygens (including phenoxy) is 1. The second kappa shape index (κ2) is 8.39. The Labute approximate surface area is 138 Å². The van der Waals surface area contributed by atoms with Crippen LogP contribution in [0.25, 0.3) is 0 Å². The lowest BCUT2D eigenvalue weighted by molar-refractivity contribution is 0.0636. The van der Waals surface area contributed by atoms with Crippen molar-refractivity contribution in [3.63, 3.8) is 0 Å². The third-order valence-corrected chi connectivity index (χ3v) is 4.57. The van der Waals surface area contributed by atoms with Gasteiger partial charge in [0.2, 0.25) is 0 Å². The number of hydrogen-bond acceptors (Lipinski definition) is 5. The second-order valence-electron chi connectivity index (χ2n) is 5.84. The summed E-state index contributed by atoms with van der Waals surface area (Å²) in [5.41, 5.74) is 0.817. The van der Waals surface area contributed by atoms with Gasteiger partial charge >= 0.3 is 13.7 Å². The van der Waals surface area contributed by atoms with Gasteiger partial charge in [-0.25, -0.2) is 4.79 Å². The van der Waals surface area contributed by atoms with Crippen LogP contribution in [0.2, 0.25) is 0 Å². The third kappa shape index (κ3) is 7.55. The zero-order chi connectivity index (χ0) is 17.5. The molecule has 23 heavy (non-hydrogen) atoms. The molecule has 128 valence electrons. The van der Waals surface area contributed by atoms with Crippen LogP contribution in [-0.2, 0) is 24.5 Å². The molecular weight excluding hydrogens is 317 g/mol. The molecule has 0 heterocycles. The van der Waals surface area contributed by atoms with E-state index in [0.717, 1.165) is 5.56 Å². The molecule has 1 amide bonds. The highest BCUT2D eigenvalue weighted by Gasteiger charge is 2.25. The van der Waals surface area contributed by atoms with Gasteiger partial charge in [0.25, 0.3) is 0 Å². The van der Waals surface area contributed by atoms with Gasteiger partial charge in [0.05, 0.1) is 19.7 Å². The molecule has 1 aromatic rings. The van der Waals surface area contributed by atoms with E-state index in [-0.39, 0.29) is 12.8 Å². The van der Waals surface area contributed by atoms with Gasteiger partial charge < -0.3 is 9.26 Å². The van der Waals surface area contributed by atoms with Crippen molar-refractivity contribution in [3.05, 3.63) is 36.8 Å². The van der Waals surface area contributed by atoms with Gasteiger partial charge in [-0.2, -0.15) is 0 Å². The predicted molar refractivity (Wildman–Crippen MR) is 90.5 cm³/mol. The topological polar surface area (TPSA) is 73.9 Å². The molecule has 7 heteroatoms. The standard InChI is InChI=1S/C16H24NO5P/c1-6-20-23(19,21-7-2)12-13-8-10-14(11-9-13)17-15(18)22-16(3,4)5/h8-11H,1,6-7,12H2,2-5H3/p+1. The highest BCUT2D eigenvalue weighted by Crippen LogP contribution is 2.51. The molecule has 1 N–H and O–H groups in total. The van der Waals surface area contributed by atoms with E-state index < -0.39 is 19.3 Å². The zero-order valence-electron chi connectivity index (χ0n) is 14.1. The van der Waals surface area contributed by atoms with Crippen LogP contribution >= 0.6 is 7.60 Å². The Hall–Kier alpha value is -1.49. The van der Waals surface area contributed by atoms with Crippen LogP contribution in [0.1, 0.15) is 33.3 Å². The number of carbonyl (C=O) groups is 1. The number of rotatable bonds is 7. The maximum Gasteiger partial charge on any atom is 0.412 e. The van der Waals surface area contributed by atoms with E-state index in [0.29, 0.717) is 12.3 Å². The Balaban J connectivity index is 2.69. The molecule has 0 aliphatic heterocycles. The van der Waals surface area contributed by atoms with E-state index in [4.69, 9.17) is 13.8 Å². The van der Waals surface area contributed by atoms with Crippen LogP contribution in [0.3, 0.4) is 0 Å². The Morgan fingerprint density at radius 2 is 1.83 bits per heavy atom. The molecule has 6 nitrogen and oxygen atoms in total. The van der Waals surface area contributed by atoms with Crippen LogP contribution in [0.15, 0.2) is 24.3 Å². The normalized spacial score (nSPS) is 14.1. The number of hydrogen-bond donors (Lipinski definition) is 1. The first kappa shape index (κ1) is 19.6. The lowest BCUT2D eigenvalue weighted by Gasteiger charge is -2.20. The number of nitrogens with one attached hydrogen (secondary N) is 1. The fourth-order valence-corrected chi connectivity index (χ4v) is 3.39. The monoisotopic (exact) mass is 342 g/mol. The van der Waals surface area contributed by atoms with E-state index in [1.165, 1.54) is 0 Å². The average molecular weight is 342 g/mol. The van der Waals surface area contributed by atoms with Crippen molar-refractivity contribution in [1.29, 1.82) is 0 Å². The van der Waals surface area contributed by atoms with Crippen molar-refractivity contribution in [2.75, 3.05) is 18.5 Å².